The lowest BCUT2D eigenvalue weighted by atomic mass is 10.1. The van der Waals surface area contributed by atoms with E-state index in [0.717, 1.165) is 36.9 Å². The van der Waals surface area contributed by atoms with Crippen molar-refractivity contribution in [1.29, 1.82) is 0 Å². The van der Waals surface area contributed by atoms with Crippen molar-refractivity contribution in [1.82, 2.24) is 25.0 Å². The van der Waals surface area contributed by atoms with Crippen molar-refractivity contribution in [2.24, 2.45) is 0 Å². The molecular weight excluding hydrogens is 560 g/mol. The number of ether oxygens (including phenoxy) is 3. The average molecular weight is 585 g/mol. The number of carbonyl (C=O) groups excluding carboxylic acids is 1. The van der Waals surface area contributed by atoms with Gasteiger partial charge in [-0.15, -0.1) is 27.8 Å². The number of rotatable bonds is 9. The molecule has 10 nitrogen and oxygen atoms in total. The second kappa shape index (κ2) is 11.4. The molecule has 0 spiro atoms. The molecule has 41 heavy (non-hydrogen) atoms. The molecule has 0 aliphatic heterocycles. The first-order valence-corrected chi connectivity index (χ1v) is 14.2. The molecular formula is C29H24N6O4S2. The third kappa shape index (κ3) is 5.47. The zero-order valence-corrected chi connectivity index (χ0v) is 24.0. The number of anilines is 1. The molecule has 0 unspecified atom stereocenters. The third-order valence-corrected chi connectivity index (χ3v) is 8.24. The molecule has 6 rings (SSSR count). The van der Waals surface area contributed by atoms with Crippen molar-refractivity contribution < 1.29 is 19.0 Å². The fourth-order valence-electron chi connectivity index (χ4n) is 4.36. The quantitative estimate of drug-likeness (QED) is 0.220. The minimum Gasteiger partial charge on any atom is -0.493 e. The monoisotopic (exact) mass is 584 g/mol. The van der Waals surface area contributed by atoms with Gasteiger partial charge in [-0.25, -0.2) is 14.6 Å². The SMILES string of the molecule is COc1cc(-c2cn(CC(=O)Nc3ccc(-c4ccc5nc(-c6nccs6)sc5c4)cc3)nn2)cc(OC)c1OC. The van der Waals surface area contributed by atoms with Crippen LogP contribution in [0.2, 0.25) is 0 Å². The van der Waals surface area contributed by atoms with E-state index >= 15 is 0 Å². The number of nitrogens with zero attached hydrogens (tertiary/aromatic N) is 5. The molecule has 0 aliphatic carbocycles. The standard InChI is InChI=1S/C29H24N6O4S2/c1-37-23-12-19(13-24(38-2)27(23)39-3)22-15-35(34-33-22)16-26(36)31-20-7-4-17(5-8-20)18-6-9-21-25(14-18)41-29(32-21)28-30-10-11-40-28/h4-15H,16H2,1-3H3,(H,31,36). The molecule has 1 N–H and O–H groups in total. The van der Waals surface area contributed by atoms with Gasteiger partial charge in [0.15, 0.2) is 21.5 Å². The van der Waals surface area contributed by atoms with Crippen LogP contribution < -0.4 is 19.5 Å². The highest BCUT2D eigenvalue weighted by atomic mass is 32.1. The highest BCUT2D eigenvalue weighted by Crippen LogP contribution is 2.40. The predicted octanol–water partition coefficient (Wildman–Crippen LogP) is 6.01. The minimum absolute atomic E-state index is 0.00263. The largest absolute Gasteiger partial charge is 0.493 e. The molecule has 0 fully saturated rings. The number of hydrogen-bond donors (Lipinski definition) is 1. The number of methoxy groups -OCH3 is 3. The number of aromatic nitrogens is 5. The van der Waals surface area contributed by atoms with E-state index < -0.39 is 0 Å². The maximum Gasteiger partial charge on any atom is 0.246 e. The Morgan fingerprint density at radius 2 is 1.66 bits per heavy atom. The summed E-state index contributed by atoms with van der Waals surface area (Å²) in [6, 6.07) is 17.5. The Balaban J connectivity index is 1.12. The molecule has 3 heterocycles. The van der Waals surface area contributed by atoms with Crippen LogP contribution in [0.4, 0.5) is 5.69 Å². The van der Waals surface area contributed by atoms with Gasteiger partial charge in [0.1, 0.15) is 12.2 Å². The fraction of sp³-hybridized carbons (Fsp3) is 0.138. The molecule has 0 saturated heterocycles. The molecule has 3 aromatic carbocycles. The summed E-state index contributed by atoms with van der Waals surface area (Å²) in [5.41, 5.74) is 5.05. The highest BCUT2D eigenvalue weighted by molar-refractivity contribution is 7.25. The predicted molar refractivity (Wildman–Crippen MR) is 160 cm³/mol. The van der Waals surface area contributed by atoms with Crippen LogP contribution >= 0.6 is 22.7 Å². The van der Waals surface area contributed by atoms with Crippen LogP contribution in [0.25, 0.3) is 42.6 Å². The van der Waals surface area contributed by atoms with Crippen LogP contribution in [0.3, 0.4) is 0 Å². The van der Waals surface area contributed by atoms with Crippen LogP contribution in [-0.4, -0.2) is 52.2 Å². The van der Waals surface area contributed by atoms with Gasteiger partial charge in [-0.05, 0) is 47.5 Å². The van der Waals surface area contributed by atoms with Crippen molar-refractivity contribution in [3.05, 3.63) is 72.4 Å². The number of carbonyl (C=O) groups is 1. The smallest absolute Gasteiger partial charge is 0.246 e. The Bertz CT molecular complexity index is 1810. The molecule has 0 bridgehead atoms. The summed E-state index contributed by atoms with van der Waals surface area (Å²) in [4.78, 5) is 21.8. The van der Waals surface area contributed by atoms with Gasteiger partial charge in [-0.3, -0.25) is 4.79 Å². The Hall–Kier alpha value is -4.81. The highest BCUT2D eigenvalue weighted by Gasteiger charge is 2.16. The fourth-order valence-corrected chi connectivity index (χ4v) is 6.04. The van der Waals surface area contributed by atoms with Gasteiger partial charge in [-0.1, -0.05) is 23.4 Å². The van der Waals surface area contributed by atoms with E-state index in [4.69, 9.17) is 19.2 Å². The first kappa shape index (κ1) is 26.4. The maximum atomic E-state index is 12.7. The van der Waals surface area contributed by atoms with Gasteiger partial charge in [0.2, 0.25) is 11.7 Å². The van der Waals surface area contributed by atoms with Gasteiger partial charge >= 0.3 is 0 Å². The molecule has 0 aliphatic rings. The number of fused-ring (bicyclic) bond motifs is 1. The van der Waals surface area contributed by atoms with E-state index in [1.807, 2.05) is 35.7 Å². The van der Waals surface area contributed by atoms with Crippen molar-refractivity contribution in [3.63, 3.8) is 0 Å². The summed E-state index contributed by atoms with van der Waals surface area (Å²) >= 11 is 3.21. The molecule has 12 heteroatoms. The molecule has 6 aromatic rings. The zero-order chi connectivity index (χ0) is 28.3. The molecule has 0 atom stereocenters. The van der Waals surface area contributed by atoms with Crippen LogP contribution in [0.1, 0.15) is 0 Å². The molecule has 206 valence electrons. The summed E-state index contributed by atoms with van der Waals surface area (Å²) in [6.07, 6.45) is 3.48. The van der Waals surface area contributed by atoms with E-state index in [9.17, 15) is 4.79 Å². The van der Waals surface area contributed by atoms with E-state index in [-0.39, 0.29) is 12.5 Å². The lowest BCUT2D eigenvalue weighted by Crippen LogP contribution is -2.19. The van der Waals surface area contributed by atoms with Crippen molar-refractivity contribution >= 4 is 44.5 Å². The summed E-state index contributed by atoms with van der Waals surface area (Å²) in [7, 11) is 4.65. The molecule has 1 amide bonds. The number of amides is 1. The Labute approximate surface area is 243 Å². The van der Waals surface area contributed by atoms with E-state index in [1.165, 1.54) is 4.68 Å². The molecule has 3 aromatic heterocycles. The van der Waals surface area contributed by atoms with Crippen molar-refractivity contribution in [2.45, 2.75) is 6.54 Å². The minimum atomic E-state index is -0.222. The zero-order valence-electron chi connectivity index (χ0n) is 22.3. The second-order valence-electron chi connectivity index (χ2n) is 8.88. The van der Waals surface area contributed by atoms with Gasteiger partial charge in [0, 0.05) is 22.8 Å². The summed E-state index contributed by atoms with van der Waals surface area (Å²) in [5, 5.41) is 15.0. The summed E-state index contributed by atoms with van der Waals surface area (Å²) in [6.45, 7) is 0.00263. The summed E-state index contributed by atoms with van der Waals surface area (Å²) < 4.78 is 18.8. The lowest BCUT2D eigenvalue weighted by Gasteiger charge is -2.13. The lowest BCUT2D eigenvalue weighted by molar-refractivity contribution is -0.116. The molecule has 0 radical (unpaired) electrons. The summed E-state index contributed by atoms with van der Waals surface area (Å²) in [5.74, 6) is 1.27. The van der Waals surface area contributed by atoms with Crippen LogP contribution in [0.15, 0.2) is 72.4 Å². The Morgan fingerprint density at radius 1 is 0.902 bits per heavy atom. The van der Waals surface area contributed by atoms with Crippen molar-refractivity contribution in [2.75, 3.05) is 26.6 Å². The Morgan fingerprint density at radius 3 is 2.34 bits per heavy atom. The topological polar surface area (TPSA) is 113 Å². The van der Waals surface area contributed by atoms with E-state index in [1.54, 1.807) is 68.5 Å². The van der Waals surface area contributed by atoms with E-state index in [2.05, 4.69) is 32.7 Å². The number of hydrogen-bond acceptors (Lipinski definition) is 10. The molecule has 0 saturated carbocycles. The second-order valence-corrected chi connectivity index (χ2v) is 10.8. The number of benzene rings is 3. The van der Waals surface area contributed by atoms with Gasteiger partial charge < -0.3 is 19.5 Å². The van der Waals surface area contributed by atoms with Crippen LogP contribution in [-0.2, 0) is 11.3 Å². The normalized spacial score (nSPS) is 11.0. The van der Waals surface area contributed by atoms with Crippen molar-refractivity contribution in [3.8, 4) is 49.6 Å². The Kier molecular flexibility index (Phi) is 7.32. The number of thiazole rings is 2. The maximum absolute atomic E-state index is 12.7. The average Bonchev–Trinajstić information content (AvgIpc) is 3.77. The van der Waals surface area contributed by atoms with Crippen LogP contribution in [0.5, 0.6) is 17.2 Å². The van der Waals surface area contributed by atoms with E-state index in [0.29, 0.717) is 28.6 Å². The van der Waals surface area contributed by atoms with Gasteiger partial charge in [0.25, 0.3) is 0 Å². The third-order valence-electron chi connectivity index (χ3n) is 6.31. The van der Waals surface area contributed by atoms with Gasteiger partial charge in [-0.2, -0.15) is 0 Å². The van der Waals surface area contributed by atoms with Crippen LogP contribution in [0, 0.1) is 0 Å². The van der Waals surface area contributed by atoms with Gasteiger partial charge in [0.05, 0.1) is 37.7 Å². The first-order chi connectivity index (χ1) is 20.0. The first-order valence-electron chi connectivity index (χ1n) is 12.5. The number of nitrogens with one attached hydrogen (secondary N) is 1.